The quantitative estimate of drug-likeness (QED) is 0.832. The summed E-state index contributed by atoms with van der Waals surface area (Å²) < 4.78 is 8.21. The maximum Gasteiger partial charge on any atom is 0.218 e. The van der Waals surface area contributed by atoms with Crippen LogP contribution in [0.25, 0.3) is 5.65 Å². The van der Waals surface area contributed by atoms with Gasteiger partial charge < -0.3 is 10.1 Å². The van der Waals surface area contributed by atoms with Crippen LogP contribution in [-0.2, 0) is 0 Å². The standard InChI is InChI=1S/C12H15IN4O/c1-18-11-5-10(8-3-2-4-14-6-8)16-12-9(13)7-15-17(11)12/h5,7-8,14H,2-4,6H2,1H3. The first kappa shape index (κ1) is 12.2. The Morgan fingerprint density at radius 3 is 3.17 bits per heavy atom. The molecule has 1 fully saturated rings. The van der Waals surface area contributed by atoms with Crippen molar-refractivity contribution in [3.8, 4) is 5.88 Å². The van der Waals surface area contributed by atoms with Crippen LogP contribution < -0.4 is 10.1 Å². The minimum atomic E-state index is 0.475. The third-order valence-corrected chi connectivity index (χ3v) is 4.10. The van der Waals surface area contributed by atoms with Crippen LogP contribution in [0, 0.1) is 3.57 Å². The summed E-state index contributed by atoms with van der Waals surface area (Å²) in [6.45, 7) is 2.11. The van der Waals surface area contributed by atoms with Crippen molar-refractivity contribution in [2.45, 2.75) is 18.8 Å². The van der Waals surface area contributed by atoms with Gasteiger partial charge in [-0.1, -0.05) is 0 Å². The zero-order chi connectivity index (χ0) is 12.5. The van der Waals surface area contributed by atoms with Gasteiger partial charge in [0.15, 0.2) is 5.65 Å². The molecule has 1 N–H and O–H groups in total. The van der Waals surface area contributed by atoms with Gasteiger partial charge in [-0.2, -0.15) is 9.61 Å². The fourth-order valence-corrected chi connectivity index (χ4v) is 2.86. The maximum absolute atomic E-state index is 5.41. The molecule has 1 aliphatic heterocycles. The van der Waals surface area contributed by atoms with Crippen LogP contribution in [0.2, 0.25) is 0 Å². The second-order valence-electron chi connectivity index (χ2n) is 4.49. The van der Waals surface area contributed by atoms with Crippen molar-refractivity contribution in [2.24, 2.45) is 0 Å². The SMILES string of the molecule is COc1cc(C2CCCNC2)nc2c(I)cnn12. The third-order valence-electron chi connectivity index (χ3n) is 3.34. The molecular formula is C12H15IN4O. The Morgan fingerprint density at radius 2 is 2.44 bits per heavy atom. The van der Waals surface area contributed by atoms with Gasteiger partial charge >= 0.3 is 0 Å². The minimum absolute atomic E-state index is 0.475. The topological polar surface area (TPSA) is 51.5 Å². The molecule has 3 heterocycles. The molecular weight excluding hydrogens is 343 g/mol. The van der Waals surface area contributed by atoms with Crippen LogP contribution in [0.4, 0.5) is 0 Å². The van der Waals surface area contributed by atoms with Crippen LogP contribution in [-0.4, -0.2) is 34.8 Å². The molecule has 0 amide bonds. The van der Waals surface area contributed by atoms with Crippen molar-refractivity contribution in [2.75, 3.05) is 20.2 Å². The Bertz CT molecular complexity index is 562. The number of ether oxygens (including phenoxy) is 1. The number of rotatable bonds is 2. The number of aromatic nitrogens is 3. The van der Waals surface area contributed by atoms with Crippen LogP contribution in [0.5, 0.6) is 5.88 Å². The number of methoxy groups -OCH3 is 1. The molecule has 5 nitrogen and oxygen atoms in total. The highest BCUT2D eigenvalue weighted by atomic mass is 127. The average Bonchev–Trinajstić information content (AvgIpc) is 2.81. The summed E-state index contributed by atoms with van der Waals surface area (Å²) in [6.07, 6.45) is 4.20. The summed E-state index contributed by atoms with van der Waals surface area (Å²) in [7, 11) is 1.67. The van der Waals surface area contributed by atoms with Gasteiger partial charge in [-0.15, -0.1) is 0 Å². The molecule has 6 heteroatoms. The Labute approximate surface area is 119 Å². The molecule has 2 aromatic heterocycles. The lowest BCUT2D eigenvalue weighted by Crippen LogP contribution is -2.29. The van der Waals surface area contributed by atoms with E-state index in [9.17, 15) is 0 Å². The van der Waals surface area contributed by atoms with Crippen molar-refractivity contribution in [1.29, 1.82) is 0 Å². The number of fused-ring (bicyclic) bond motifs is 1. The predicted molar refractivity (Wildman–Crippen MR) is 77.1 cm³/mol. The largest absolute Gasteiger partial charge is 0.481 e. The summed E-state index contributed by atoms with van der Waals surface area (Å²) in [5.74, 6) is 1.23. The molecule has 0 bridgehead atoms. The first-order valence-electron chi connectivity index (χ1n) is 6.08. The number of nitrogens with zero attached hydrogens (tertiary/aromatic N) is 3. The van der Waals surface area contributed by atoms with E-state index in [1.54, 1.807) is 11.6 Å². The maximum atomic E-state index is 5.41. The highest BCUT2D eigenvalue weighted by Gasteiger charge is 2.19. The molecule has 1 atom stereocenters. The van der Waals surface area contributed by atoms with Crippen LogP contribution in [0.1, 0.15) is 24.5 Å². The first-order chi connectivity index (χ1) is 8.79. The summed E-state index contributed by atoms with van der Waals surface area (Å²) in [5.41, 5.74) is 1.99. The summed E-state index contributed by atoms with van der Waals surface area (Å²) in [4.78, 5) is 4.74. The van der Waals surface area contributed by atoms with Crippen LogP contribution >= 0.6 is 22.6 Å². The Kier molecular flexibility index (Phi) is 3.38. The van der Waals surface area contributed by atoms with Crippen molar-refractivity contribution >= 4 is 28.2 Å². The second-order valence-corrected chi connectivity index (χ2v) is 5.66. The van der Waals surface area contributed by atoms with E-state index in [0.29, 0.717) is 5.92 Å². The fraction of sp³-hybridized carbons (Fsp3) is 0.500. The molecule has 3 rings (SSSR count). The van der Waals surface area contributed by atoms with Crippen molar-refractivity contribution < 1.29 is 4.74 Å². The van der Waals surface area contributed by atoms with Gasteiger partial charge in [-0.05, 0) is 42.0 Å². The molecule has 96 valence electrons. The van der Waals surface area contributed by atoms with Gasteiger partial charge in [0.1, 0.15) is 0 Å². The number of hydrogen-bond acceptors (Lipinski definition) is 4. The van der Waals surface area contributed by atoms with Crippen molar-refractivity contribution in [1.82, 2.24) is 19.9 Å². The van der Waals surface area contributed by atoms with E-state index in [4.69, 9.17) is 9.72 Å². The molecule has 0 aliphatic carbocycles. The van der Waals surface area contributed by atoms with E-state index in [-0.39, 0.29) is 0 Å². The smallest absolute Gasteiger partial charge is 0.218 e. The number of nitrogens with one attached hydrogen (secondary N) is 1. The zero-order valence-electron chi connectivity index (χ0n) is 10.2. The molecule has 2 aromatic rings. The normalized spacial score (nSPS) is 20.2. The summed E-state index contributed by atoms with van der Waals surface area (Å²) >= 11 is 2.26. The minimum Gasteiger partial charge on any atom is -0.481 e. The lowest BCUT2D eigenvalue weighted by Gasteiger charge is -2.22. The molecule has 1 saturated heterocycles. The fourth-order valence-electron chi connectivity index (χ4n) is 2.39. The first-order valence-corrected chi connectivity index (χ1v) is 7.16. The molecule has 0 aromatic carbocycles. The molecule has 1 unspecified atom stereocenters. The zero-order valence-corrected chi connectivity index (χ0v) is 12.3. The van der Waals surface area contributed by atoms with E-state index in [2.05, 4.69) is 33.0 Å². The van der Waals surface area contributed by atoms with Gasteiger partial charge in [-0.25, -0.2) is 4.98 Å². The Morgan fingerprint density at radius 1 is 1.56 bits per heavy atom. The summed E-state index contributed by atoms with van der Waals surface area (Å²) in [6, 6.07) is 2.01. The number of piperidine rings is 1. The monoisotopic (exact) mass is 358 g/mol. The van der Waals surface area contributed by atoms with E-state index in [1.165, 1.54) is 12.8 Å². The van der Waals surface area contributed by atoms with Gasteiger partial charge in [0.25, 0.3) is 0 Å². The van der Waals surface area contributed by atoms with Gasteiger partial charge in [0.05, 0.1) is 22.6 Å². The third kappa shape index (κ3) is 2.07. The lowest BCUT2D eigenvalue weighted by molar-refractivity contribution is 0.381. The van der Waals surface area contributed by atoms with Gasteiger partial charge in [0.2, 0.25) is 5.88 Å². The molecule has 0 spiro atoms. The molecule has 18 heavy (non-hydrogen) atoms. The van der Waals surface area contributed by atoms with Gasteiger partial charge in [0, 0.05) is 18.5 Å². The van der Waals surface area contributed by atoms with Crippen molar-refractivity contribution in [3.63, 3.8) is 0 Å². The number of hydrogen-bond donors (Lipinski definition) is 1. The highest BCUT2D eigenvalue weighted by molar-refractivity contribution is 14.1. The van der Waals surface area contributed by atoms with Crippen molar-refractivity contribution in [3.05, 3.63) is 21.5 Å². The van der Waals surface area contributed by atoms with E-state index < -0.39 is 0 Å². The van der Waals surface area contributed by atoms with E-state index in [0.717, 1.165) is 33.9 Å². The van der Waals surface area contributed by atoms with Crippen LogP contribution in [0.3, 0.4) is 0 Å². The Balaban J connectivity index is 2.08. The van der Waals surface area contributed by atoms with E-state index in [1.807, 2.05) is 12.3 Å². The summed E-state index contributed by atoms with van der Waals surface area (Å²) in [5, 5.41) is 7.70. The van der Waals surface area contributed by atoms with Crippen LogP contribution in [0.15, 0.2) is 12.3 Å². The Hall–Kier alpha value is -0.890. The van der Waals surface area contributed by atoms with E-state index >= 15 is 0 Å². The lowest BCUT2D eigenvalue weighted by atomic mass is 9.96. The molecule has 1 aliphatic rings. The molecule has 0 radical (unpaired) electrons. The molecule has 0 saturated carbocycles. The van der Waals surface area contributed by atoms with Gasteiger partial charge in [-0.3, -0.25) is 0 Å². The second kappa shape index (κ2) is 5.00. The average molecular weight is 358 g/mol. The highest BCUT2D eigenvalue weighted by Crippen LogP contribution is 2.26. The number of halogens is 1. The predicted octanol–water partition coefficient (Wildman–Crippen LogP) is 1.81.